The molecule has 0 aliphatic rings. The lowest BCUT2D eigenvalue weighted by atomic mass is 10.1. The summed E-state index contributed by atoms with van der Waals surface area (Å²) in [5, 5.41) is 7.92. The molecule has 4 rings (SSSR count). The number of furan rings is 1. The summed E-state index contributed by atoms with van der Waals surface area (Å²) in [6, 6.07) is 7.53. The van der Waals surface area contributed by atoms with E-state index in [1.807, 2.05) is 24.6 Å². The minimum Gasteiger partial charge on any atom is -0.467 e. The fourth-order valence-electron chi connectivity index (χ4n) is 3.74. The molecule has 4 heterocycles. The number of aryl methyl sites for hydroxylation is 2. The number of nitrogens with zero attached hydrogens (tertiary/aromatic N) is 4. The largest absolute Gasteiger partial charge is 0.467 e. The predicted octanol–water partition coefficient (Wildman–Crippen LogP) is 4.34. The summed E-state index contributed by atoms with van der Waals surface area (Å²) >= 11 is 1.70. The normalized spacial score (nSPS) is 11.3. The number of amides is 2. The highest BCUT2D eigenvalue weighted by Crippen LogP contribution is 2.32. The van der Waals surface area contributed by atoms with Crippen molar-refractivity contribution in [2.75, 3.05) is 13.6 Å². The van der Waals surface area contributed by atoms with Crippen LogP contribution in [0.25, 0.3) is 22.3 Å². The Morgan fingerprint density at radius 2 is 2.06 bits per heavy atom. The molecule has 0 spiro atoms. The molecule has 0 aliphatic carbocycles. The SMILES string of the molecule is Cc1cc(-c2cc(C(=O)N(C)CC(=O)NCc3ccco3)c3cnn(C(C)C)c3n2)c(C)s1. The van der Waals surface area contributed by atoms with Gasteiger partial charge < -0.3 is 14.6 Å². The van der Waals surface area contributed by atoms with E-state index in [2.05, 4.69) is 30.3 Å². The molecule has 0 saturated heterocycles. The monoisotopic (exact) mass is 465 g/mol. The molecule has 2 amide bonds. The number of carbonyl (C=O) groups excluding carboxylic acids is 2. The van der Waals surface area contributed by atoms with Gasteiger partial charge in [-0.05, 0) is 52.0 Å². The number of likely N-dealkylation sites (N-methyl/N-ethyl adjacent to an activating group) is 1. The lowest BCUT2D eigenvalue weighted by Crippen LogP contribution is -2.38. The van der Waals surface area contributed by atoms with Crippen LogP contribution in [0, 0.1) is 13.8 Å². The van der Waals surface area contributed by atoms with Gasteiger partial charge in [0.15, 0.2) is 5.65 Å². The summed E-state index contributed by atoms with van der Waals surface area (Å²) in [5.74, 6) is 0.125. The molecule has 4 aromatic rings. The standard InChI is InChI=1S/C24H27N5O3S/c1-14(2)29-23-20(12-26-29)19(10-21(27-23)18-9-15(3)33-16(18)4)24(31)28(5)13-22(30)25-11-17-7-6-8-32-17/h6-10,12,14H,11,13H2,1-5H3,(H,25,30). The van der Waals surface area contributed by atoms with Crippen molar-refractivity contribution >= 4 is 34.2 Å². The summed E-state index contributed by atoms with van der Waals surface area (Å²) in [4.78, 5) is 34.4. The summed E-state index contributed by atoms with van der Waals surface area (Å²) in [6.07, 6.45) is 3.23. The molecule has 1 N–H and O–H groups in total. The molecule has 9 heteroatoms. The van der Waals surface area contributed by atoms with Crippen LogP contribution in [0.15, 0.2) is 41.1 Å². The van der Waals surface area contributed by atoms with Crippen molar-refractivity contribution in [1.82, 2.24) is 25.0 Å². The second kappa shape index (κ2) is 9.19. The molecule has 0 saturated carbocycles. The summed E-state index contributed by atoms with van der Waals surface area (Å²) in [6.45, 7) is 8.35. The Bertz CT molecular complexity index is 1300. The van der Waals surface area contributed by atoms with Gasteiger partial charge in [0, 0.05) is 28.4 Å². The molecule has 0 bridgehead atoms. The molecule has 0 radical (unpaired) electrons. The van der Waals surface area contributed by atoms with E-state index in [-0.39, 0.29) is 30.9 Å². The highest BCUT2D eigenvalue weighted by Gasteiger charge is 2.23. The van der Waals surface area contributed by atoms with Crippen LogP contribution in [0.5, 0.6) is 0 Å². The van der Waals surface area contributed by atoms with E-state index in [4.69, 9.17) is 9.40 Å². The maximum absolute atomic E-state index is 13.4. The number of aromatic nitrogens is 3. The van der Waals surface area contributed by atoms with Crippen molar-refractivity contribution in [2.24, 2.45) is 0 Å². The third-order valence-electron chi connectivity index (χ3n) is 5.37. The first kappa shape index (κ1) is 22.7. The van der Waals surface area contributed by atoms with Gasteiger partial charge in [-0.3, -0.25) is 9.59 Å². The lowest BCUT2D eigenvalue weighted by Gasteiger charge is -2.18. The van der Waals surface area contributed by atoms with Gasteiger partial charge in [0.1, 0.15) is 5.76 Å². The summed E-state index contributed by atoms with van der Waals surface area (Å²) in [7, 11) is 1.62. The maximum Gasteiger partial charge on any atom is 0.254 e. The summed E-state index contributed by atoms with van der Waals surface area (Å²) < 4.78 is 7.05. The quantitative estimate of drug-likeness (QED) is 0.438. The van der Waals surface area contributed by atoms with Crippen LogP contribution in [0.2, 0.25) is 0 Å². The predicted molar refractivity (Wildman–Crippen MR) is 128 cm³/mol. The van der Waals surface area contributed by atoms with Gasteiger partial charge in [-0.25, -0.2) is 9.67 Å². The van der Waals surface area contributed by atoms with Crippen LogP contribution in [0.1, 0.15) is 45.8 Å². The topological polar surface area (TPSA) is 93.3 Å². The molecular formula is C24H27N5O3S. The first-order valence-corrected chi connectivity index (χ1v) is 11.6. The molecule has 172 valence electrons. The second-order valence-corrected chi connectivity index (χ2v) is 9.78. The number of nitrogens with one attached hydrogen (secondary N) is 1. The highest BCUT2D eigenvalue weighted by atomic mass is 32.1. The molecule has 0 fully saturated rings. The number of thiophene rings is 1. The second-order valence-electron chi connectivity index (χ2n) is 8.32. The zero-order valence-electron chi connectivity index (χ0n) is 19.4. The van der Waals surface area contributed by atoms with E-state index in [9.17, 15) is 9.59 Å². The number of hydrogen-bond acceptors (Lipinski definition) is 6. The van der Waals surface area contributed by atoms with Crippen molar-refractivity contribution in [2.45, 2.75) is 40.3 Å². The minimum atomic E-state index is -0.269. The van der Waals surface area contributed by atoms with E-state index in [0.717, 1.165) is 16.1 Å². The third kappa shape index (κ3) is 4.68. The Morgan fingerprint density at radius 3 is 2.70 bits per heavy atom. The van der Waals surface area contributed by atoms with Crippen molar-refractivity contribution in [3.8, 4) is 11.3 Å². The van der Waals surface area contributed by atoms with E-state index < -0.39 is 0 Å². The zero-order valence-corrected chi connectivity index (χ0v) is 20.2. The first-order chi connectivity index (χ1) is 15.7. The third-order valence-corrected chi connectivity index (χ3v) is 6.34. The molecule has 8 nitrogen and oxygen atoms in total. The van der Waals surface area contributed by atoms with Gasteiger partial charge in [0.2, 0.25) is 5.91 Å². The highest BCUT2D eigenvalue weighted by molar-refractivity contribution is 7.12. The fraction of sp³-hybridized carbons (Fsp3) is 0.333. The Morgan fingerprint density at radius 1 is 1.27 bits per heavy atom. The van der Waals surface area contributed by atoms with Crippen molar-refractivity contribution < 1.29 is 14.0 Å². The summed E-state index contributed by atoms with van der Waals surface area (Å²) in [5.41, 5.74) is 2.87. The average Bonchev–Trinajstić information content (AvgIpc) is 3.50. The molecule has 4 aromatic heterocycles. The minimum absolute atomic E-state index is 0.0758. The Kier molecular flexibility index (Phi) is 6.33. The van der Waals surface area contributed by atoms with Crippen LogP contribution in [0.3, 0.4) is 0 Å². The number of pyridine rings is 1. The van der Waals surface area contributed by atoms with Crippen molar-refractivity contribution in [1.29, 1.82) is 0 Å². The smallest absolute Gasteiger partial charge is 0.254 e. The van der Waals surface area contributed by atoms with E-state index in [1.165, 1.54) is 9.78 Å². The molecule has 0 aliphatic heterocycles. The number of rotatable bonds is 7. The zero-order chi connectivity index (χ0) is 23.7. The van der Waals surface area contributed by atoms with E-state index in [0.29, 0.717) is 22.4 Å². The molecule has 0 unspecified atom stereocenters. The number of fused-ring (bicyclic) bond motifs is 1. The Balaban J connectivity index is 1.65. The maximum atomic E-state index is 13.4. The van der Waals surface area contributed by atoms with E-state index >= 15 is 0 Å². The number of hydrogen-bond donors (Lipinski definition) is 1. The van der Waals surface area contributed by atoms with Crippen LogP contribution in [-0.4, -0.2) is 45.1 Å². The van der Waals surface area contributed by atoms with Gasteiger partial charge in [0.05, 0.1) is 42.2 Å². The van der Waals surface area contributed by atoms with Crippen LogP contribution in [-0.2, 0) is 11.3 Å². The van der Waals surface area contributed by atoms with Gasteiger partial charge in [0.25, 0.3) is 5.91 Å². The van der Waals surface area contributed by atoms with E-state index in [1.54, 1.807) is 43.0 Å². The van der Waals surface area contributed by atoms with Gasteiger partial charge in [-0.15, -0.1) is 11.3 Å². The first-order valence-electron chi connectivity index (χ1n) is 10.7. The van der Waals surface area contributed by atoms with Gasteiger partial charge in [-0.1, -0.05) is 0 Å². The van der Waals surface area contributed by atoms with Crippen molar-refractivity contribution in [3.05, 3.63) is 57.8 Å². The average molecular weight is 466 g/mol. The van der Waals surface area contributed by atoms with Crippen LogP contribution >= 0.6 is 11.3 Å². The lowest BCUT2D eigenvalue weighted by molar-refractivity contribution is -0.121. The molecular weight excluding hydrogens is 438 g/mol. The molecule has 33 heavy (non-hydrogen) atoms. The van der Waals surface area contributed by atoms with Gasteiger partial charge in [-0.2, -0.15) is 5.10 Å². The van der Waals surface area contributed by atoms with Crippen molar-refractivity contribution in [3.63, 3.8) is 0 Å². The molecule has 0 atom stereocenters. The Hall–Kier alpha value is -3.46. The van der Waals surface area contributed by atoms with Crippen LogP contribution in [0.4, 0.5) is 0 Å². The van der Waals surface area contributed by atoms with Crippen LogP contribution < -0.4 is 5.32 Å². The fourth-order valence-corrected chi connectivity index (χ4v) is 4.68. The Labute approximate surface area is 196 Å². The van der Waals surface area contributed by atoms with Gasteiger partial charge >= 0.3 is 0 Å². The number of carbonyl (C=O) groups is 2. The molecule has 0 aromatic carbocycles.